The maximum absolute atomic E-state index is 13.0. The molecular formula is C24H19F3N2O3. The van der Waals surface area contributed by atoms with E-state index >= 15 is 0 Å². The topological polar surface area (TPSA) is 75.4 Å². The fraction of sp³-hybridized carbons (Fsp3) is 0.167. The Hall–Kier alpha value is -3.65. The van der Waals surface area contributed by atoms with Gasteiger partial charge in [0.2, 0.25) is 0 Å². The van der Waals surface area contributed by atoms with Crippen LogP contribution in [0.25, 0.3) is 22.2 Å². The number of halogens is 3. The lowest BCUT2D eigenvalue weighted by molar-refractivity contribution is -0.137. The van der Waals surface area contributed by atoms with Gasteiger partial charge in [-0.2, -0.15) is 13.2 Å². The average molecular weight is 440 g/mol. The lowest BCUT2D eigenvalue weighted by Gasteiger charge is -2.07. The number of carbonyl (C=O) groups excluding carboxylic acids is 1. The number of alkyl halides is 3. The Morgan fingerprint density at radius 3 is 2.66 bits per heavy atom. The normalized spacial score (nSPS) is 11.6. The molecule has 1 amide bonds. The van der Waals surface area contributed by atoms with E-state index < -0.39 is 11.7 Å². The third-order valence-electron chi connectivity index (χ3n) is 4.92. The molecule has 0 aliphatic rings. The van der Waals surface area contributed by atoms with E-state index in [1.807, 2.05) is 6.07 Å². The molecule has 0 aliphatic heterocycles. The third kappa shape index (κ3) is 4.65. The Balaban J connectivity index is 1.66. The number of furan rings is 1. The van der Waals surface area contributed by atoms with Gasteiger partial charge in [-0.15, -0.1) is 0 Å². The number of aliphatic hydroxyl groups is 1. The van der Waals surface area contributed by atoms with Gasteiger partial charge in [0.15, 0.2) is 0 Å². The number of nitrogens with zero attached hydrogens (tertiary/aromatic N) is 1. The summed E-state index contributed by atoms with van der Waals surface area (Å²) < 4.78 is 44.9. The molecule has 2 aromatic heterocycles. The molecule has 0 saturated heterocycles. The first kappa shape index (κ1) is 21.6. The van der Waals surface area contributed by atoms with Gasteiger partial charge in [0, 0.05) is 35.7 Å². The van der Waals surface area contributed by atoms with Gasteiger partial charge in [-0.3, -0.25) is 9.78 Å². The van der Waals surface area contributed by atoms with Crippen molar-refractivity contribution in [2.45, 2.75) is 12.6 Å². The molecule has 0 radical (unpaired) electrons. The minimum absolute atomic E-state index is 0.150. The fourth-order valence-corrected chi connectivity index (χ4v) is 3.47. The van der Waals surface area contributed by atoms with Crippen LogP contribution in [0, 0.1) is 0 Å². The van der Waals surface area contributed by atoms with Crippen LogP contribution in [0.2, 0.25) is 0 Å². The standard InChI is InChI=1S/C24H19F3N2O3/c25-24(26,27)18-6-1-3-15(11-18)12-19-14-20-21(32-19)7-8-28-22(20)16-4-2-5-17(13-16)23(31)29-9-10-30/h1-8,11,13-14,30H,9-10,12H2,(H,29,31). The van der Waals surface area contributed by atoms with E-state index in [1.165, 1.54) is 6.07 Å². The van der Waals surface area contributed by atoms with Crippen molar-refractivity contribution in [3.63, 3.8) is 0 Å². The molecule has 0 bridgehead atoms. The molecule has 0 spiro atoms. The van der Waals surface area contributed by atoms with Crippen LogP contribution in [0.1, 0.15) is 27.2 Å². The molecule has 5 nitrogen and oxygen atoms in total. The number of nitrogens with one attached hydrogen (secondary N) is 1. The van der Waals surface area contributed by atoms with Crippen LogP contribution < -0.4 is 5.32 Å². The molecular weight excluding hydrogens is 421 g/mol. The summed E-state index contributed by atoms with van der Waals surface area (Å²) in [6.07, 6.45) is -2.63. The van der Waals surface area contributed by atoms with E-state index in [9.17, 15) is 18.0 Å². The highest BCUT2D eigenvalue weighted by Gasteiger charge is 2.30. The molecule has 4 aromatic rings. The molecule has 2 N–H and O–H groups in total. The van der Waals surface area contributed by atoms with Gasteiger partial charge in [0.05, 0.1) is 17.9 Å². The Bertz CT molecular complexity index is 1260. The zero-order chi connectivity index (χ0) is 22.7. The fourth-order valence-electron chi connectivity index (χ4n) is 3.47. The van der Waals surface area contributed by atoms with Crippen molar-refractivity contribution < 1.29 is 27.5 Å². The zero-order valence-corrected chi connectivity index (χ0v) is 16.8. The van der Waals surface area contributed by atoms with Gasteiger partial charge in [-0.1, -0.05) is 30.3 Å². The summed E-state index contributed by atoms with van der Waals surface area (Å²) in [7, 11) is 0. The van der Waals surface area contributed by atoms with Crippen molar-refractivity contribution >= 4 is 16.9 Å². The van der Waals surface area contributed by atoms with Crippen LogP contribution in [0.3, 0.4) is 0 Å². The molecule has 8 heteroatoms. The summed E-state index contributed by atoms with van der Waals surface area (Å²) in [5.41, 5.74) is 2.03. The number of aromatic nitrogens is 1. The number of aliphatic hydroxyl groups excluding tert-OH is 1. The third-order valence-corrected chi connectivity index (χ3v) is 4.92. The summed E-state index contributed by atoms with van der Waals surface area (Å²) in [5.74, 6) is 0.191. The second-order valence-corrected chi connectivity index (χ2v) is 7.22. The monoisotopic (exact) mass is 440 g/mol. The summed E-state index contributed by atoms with van der Waals surface area (Å²) in [5, 5.41) is 12.2. The minimum atomic E-state index is -4.41. The summed E-state index contributed by atoms with van der Waals surface area (Å²) in [6.45, 7) is -0.00646. The number of hydrogen-bond donors (Lipinski definition) is 2. The summed E-state index contributed by atoms with van der Waals surface area (Å²) in [4.78, 5) is 16.6. The van der Waals surface area contributed by atoms with E-state index in [4.69, 9.17) is 9.52 Å². The number of carbonyl (C=O) groups is 1. The Morgan fingerprint density at radius 2 is 1.88 bits per heavy atom. The van der Waals surface area contributed by atoms with Crippen LogP contribution in [-0.4, -0.2) is 29.1 Å². The molecule has 4 rings (SSSR count). The van der Waals surface area contributed by atoms with Crippen molar-refractivity contribution in [3.8, 4) is 11.3 Å². The van der Waals surface area contributed by atoms with Gasteiger partial charge in [0.25, 0.3) is 5.91 Å². The Kier molecular flexibility index (Phi) is 5.96. The predicted molar refractivity (Wildman–Crippen MR) is 113 cm³/mol. The van der Waals surface area contributed by atoms with Gasteiger partial charge < -0.3 is 14.8 Å². The quantitative estimate of drug-likeness (QED) is 0.451. The highest BCUT2D eigenvalue weighted by Crippen LogP contribution is 2.32. The Morgan fingerprint density at radius 1 is 1.06 bits per heavy atom. The van der Waals surface area contributed by atoms with Crippen molar-refractivity contribution in [1.82, 2.24) is 10.3 Å². The number of fused-ring (bicyclic) bond motifs is 1. The number of benzene rings is 2. The highest BCUT2D eigenvalue weighted by atomic mass is 19.4. The lowest BCUT2D eigenvalue weighted by Crippen LogP contribution is -2.26. The summed E-state index contributed by atoms with van der Waals surface area (Å²) >= 11 is 0. The lowest BCUT2D eigenvalue weighted by atomic mass is 10.0. The second kappa shape index (κ2) is 8.84. The number of hydrogen-bond acceptors (Lipinski definition) is 4. The maximum atomic E-state index is 13.0. The molecule has 0 saturated carbocycles. The molecule has 164 valence electrons. The van der Waals surface area contributed by atoms with E-state index in [1.54, 1.807) is 42.6 Å². The Labute approximate surface area is 181 Å². The van der Waals surface area contributed by atoms with Gasteiger partial charge in [-0.05, 0) is 35.9 Å². The van der Waals surface area contributed by atoms with Crippen LogP contribution in [0.5, 0.6) is 0 Å². The van der Waals surface area contributed by atoms with Gasteiger partial charge in [-0.25, -0.2) is 0 Å². The smallest absolute Gasteiger partial charge is 0.416 e. The van der Waals surface area contributed by atoms with Crippen molar-refractivity contribution in [3.05, 3.63) is 89.3 Å². The molecule has 32 heavy (non-hydrogen) atoms. The van der Waals surface area contributed by atoms with E-state index in [0.717, 1.165) is 12.1 Å². The largest absolute Gasteiger partial charge is 0.461 e. The van der Waals surface area contributed by atoms with Crippen LogP contribution in [0.15, 0.2) is 71.3 Å². The average Bonchev–Trinajstić information content (AvgIpc) is 3.19. The van der Waals surface area contributed by atoms with Crippen LogP contribution >= 0.6 is 0 Å². The first-order valence-electron chi connectivity index (χ1n) is 9.88. The van der Waals surface area contributed by atoms with Gasteiger partial charge >= 0.3 is 6.18 Å². The van der Waals surface area contributed by atoms with E-state index in [2.05, 4.69) is 10.3 Å². The van der Waals surface area contributed by atoms with Gasteiger partial charge in [0.1, 0.15) is 11.3 Å². The van der Waals surface area contributed by atoms with Crippen molar-refractivity contribution in [2.24, 2.45) is 0 Å². The number of amides is 1. The molecule has 0 unspecified atom stereocenters. The molecule has 0 fully saturated rings. The first-order valence-corrected chi connectivity index (χ1v) is 9.88. The molecule has 0 atom stereocenters. The van der Waals surface area contributed by atoms with Crippen molar-refractivity contribution in [1.29, 1.82) is 0 Å². The van der Waals surface area contributed by atoms with Crippen LogP contribution in [-0.2, 0) is 12.6 Å². The van der Waals surface area contributed by atoms with E-state index in [0.29, 0.717) is 39.1 Å². The molecule has 2 aromatic carbocycles. The van der Waals surface area contributed by atoms with E-state index in [-0.39, 0.29) is 25.5 Å². The first-order chi connectivity index (χ1) is 15.3. The molecule has 2 heterocycles. The second-order valence-electron chi connectivity index (χ2n) is 7.22. The minimum Gasteiger partial charge on any atom is -0.461 e. The maximum Gasteiger partial charge on any atom is 0.416 e. The highest BCUT2D eigenvalue weighted by molar-refractivity contribution is 5.97. The zero-order valence-electron chi connectivity index (χ0n) is 16.8. The van der Waals surface area contributed by atoms with Crippen molar-refractivity contribution in [2.75, 3.05) is 13.2 Å². The summed E-state index contributed by atoms with van der Waals surface area (Å²) in [6, 6.07) is 15.5. The predicted octanol–water partition coefficient (Wildman–Crippen LogP) is 4.83. The number of rotatable bonds is 6. The SMILES string of the molecule is O=C(NCCO)c1cccc(-c2nccc3oc(Cc4cccc(C(F)(F)F)c4)cc23)c1. The molecule has 0 aliphatic carbocycles. The van der Waals surface area contributed by atoms with Crippen LogP contribution in [0.4, 0.5) is 13.2 Å². The number of pyridine rings is 1.